The third-order valence-electron chi connectivity index (χ3n) is 3.62. The summed E-state index contributed by atoms with van der Waals surface area (Å²) in [6, 6.07) is 0. The van der Waals surface area contributed by atoms with Gasteiger partial charge in [0.05, 0.1) is 22.8 Å². The summed E-state index contributed by atoms with van der Waals surface area (Å²) in [7, 11) is 0. The third kappa shape index (κ3) is 4.36. The van der Waals surface area contributed by atoms with Gasteiger partial charge in [-0.2, -0.15) is 5.10 Å². The van der Waals surface area contributed by atoms with Crippen LogP contribution in [0.15, 0.2) is 34.3 Å². The quantitative estimate of drug-likeness (QED) is 0.684. The van der Waals surface area contributed by atoms with E-state index >= 15 is 0 Å². The second kappa shape index (κ2) is 6.80. The van der Waals surface area contributed by atoms with E-state index in [1.165, 1.54) is 0 Å². The van der Waals surface area contributed by atoms with Gasteiger partial charge in [0.25, 0.3) is 0 Å². The van der Waals surface area contributed by atoms with Crippen LogP contribution < -0.4 is 5.43 Å². The fraction of sp³-hybridized carbons (Fsp3) is 0.438. The van der Waals surface area contributed by atoms with Crippen molar-refractivity contribution in [3.63, 3.8) is 0 Å². The van der Waals surface area contributed by atoms with Gasteiger partial charge in [0.1, 0.15) is 0 Å². The Morgan fingerprint density at radius 1 is 1.57 bits per heavy atom. The largest absolute Gasteiger partial charge is 0.273 e. The molecule has 0 saturated heterocycles. The van der Waals surface area contributed by atoms with E-state index in [2.05, 4.69) is 28.2 Å². The zero-order chi connectivity index (χ0) is 15.4. The lowest BCUT2D eigenvalue weighted by molar-refractivity contribution is -0.120. The molecule has 1 aliphatic rings. The van der Waals surface area contributed by atoms with E-state index in [0.29, 0.717) is 5.92 Å². The van der Waals surface area contributed by atoms with Gasteiger partial charge in [0, 0.05) is 5.38 Å². The van der Waals surface area contributed by atoms with Gasteiger partial charge in [-0.1, -0.05) is 18.2 Å². The topological polar surface area (TPSA) is 54.4 Å². The Labute approximate surface area is 129 Å². The summed E-state index contributed by atoms with van der Waals surface area (Å²) in [6.45, 7) is 10.0. The highest BCUT2D eigenvalue weighted by Crippen LogP contribution is 2.26. The molecule has 5 heteroatoms. The van der Waals surface area contributed by atoms with Crippen LogP contribution >= 0.6 is 11.3 Å². The molecule has 2 rings (SSSR count). The maximum atomic E-state index is 11.9. The first kappa shape index (κ1) is 15.6. The fourth-order valence-electron chi connectivity index (χ4n) is 2.25. The average molecular weight is 303 g/mol. The number of hydrogen-bond acceptors (Lipinski definition) is 4. The molecule has 1 amide bonds. The number of thiazole rings is 1. The lowest BCUT2D eigenvalue weighted by atomic mass is 9.85. The highest BCUT2D eigenvalue weighted by Gasteiger charge is 2.18. The van der Waals surface area contributed by atoms with Gasteiger partial charge >= 0.3 is 0 Å². The molecular weight excluding hydrogens is 282 g/mol. The fourth-order valence-corrected chi connectivity index (χ4v) is 2.86. The molecule has 1 atom stereocenters. The van der Waals surface area contributed by atoms with Crippen molar-refractivity contribution >= 4 is 23.0 Å². The molecule has 0 radical (unpaired) electrons. The van der Waals surface area contributed by atoms with E-state index in [1.807, 2.05) is 26.2 Å². The molecule has 112 valence electrons. The summed E-state index contributed by atoms with van der Waals surface area (Å²) >= 11 is 1.55. The summed E-state index contributed by atoms with van der Waals surface area (Å²) < 4.78 is 0. The normalized spacial score (nSPS) is 20.2. The summed E-state index contributed by atoms with van der Waals surface area (Å²) in [5, 5.41) is 7.16. The molecule has 0 bridgehead atoms. The van der Waals surface area contributed by atoms with Gasteiger partial charge in [-0.15, -0.1) is 11.3 Å². The van der Waals surface area contributed by atoms with Crippen molar-refractivity contribution in [2.75, 3.05) is 0 Å². The molecule has 21 heavy (non-hydrogen) atoms. The van der Waals surface area contributed by atoms with Crippen LogP contribution in [0.25, 0.3) is 0 Å². The van der Waals surface area contributed by atoms with Crippen molar-refractivity contribution in [1.29, 1.82) is 0 Å². The average Bonchev–Trinajstić information content (AvgIpc) is 2.82. The number of amides is 1. The Kier molecular flexibility index (Phi) is 5.07. The van der Waals surface area contributed by atoms with Crippen LogP contribution in [0.1, 0.15) is 37.4 Å². The molecule has 1 heterocycles. The first-order chi connectivity index (χ1) is 9.95. The molecule has 0 fully saturated rings. The summed E-state index contributed by atoms with van der Waals surface area (Å²) in [5.74, 6) is 0.295. The van der Waals surface area contributed by atoms with Crippen molar-refractivity contribution < 1.29 is 4.79 Å². The molecule has 1 N–H and O–H groups in total. The number of nitrogens with one attached hydrogen (secondary N) is 1. The van der Waals surface area contributed by atoms with Crippen molar-refractivity contribution in [2.45, 2.75) is 40.0 Å². The first-order valence-electron chi connectivity index (χ1n) is 7.04. The molecular formula is C16H21N3OS. The molecule has 1 aromatic rings. The summed E-state index contributed by atoms with van der Waals surface area (Å²) in [5.41, 5.74) is 6.68. The molecule has 0 aromatic carbocycles. The molecule has 1 aliphatic carbocycles. The Balaban J connectivity index is 1.96. The lowest BCUT2D eigenvalue weighted by Crippen LogP contribution is -2.24. The van der Waals surface area contributed by atoms with Crippen LogP contribution in [0.4, 0.5) is 0 Å². The first-order valence-corrected chi connectivity index (χ1v) is 7.92. The number of hydrogen-bond donors (Lipinski definition) is 1. The predicted molar refractivity (Wildman–Crippen MR) is 87.4 cm³/mol. The number of rotatable bonds is 4. The van der Waals surface area contributed by atoms with Crippen LogP contribution in [0.2, 0.25) is 0 Å². The van der Waals surface area contributed by atoms with Crippen LogP contribution in [0.5, 0.6) is 0 Å². The van der Waals surface area contributed by atoms with Crippen molar-refractivity contribution in [1.82, 2.24) is 10.4 Å². The number of aryl methyl sites for hydroxylation is 1. The van der Waals surface area contributed by atoms with Gasteiger partial charge < -0.3 is 0 Å². The predicted octanol–water partition coefficient (Wildman–Crippen LogP) is 3.40. The Morgan fingerprint density at radius 3 is 2.95 bits per heavy atom. The van der Waals surface area contributed by atoms with E-state index in [1.54, 1.807) is 11.3 Å². The second-order valence-corrected chi connectivity index (χ2v) is 6.56. The van der Waals surface area contributed by atoms with E-state index < -0.39 is 0 Å². The third-order valence-corrected chi connectivity index (χ3v) is 4.45. The molecule has 0 aliphatic heterocycles. The van der Waals surface area contributed by atoms with Gasteiger partial charge in [0.2, 0.25) is 5.91 Å². The van der Waals surface area contributed by atoms with Crippen molar-refractivity contribution in [3.8, 4) is 0 Å². The number of allylic oxidation sites excluding steroid dienone is 3. The van der Waals surface area contributed by atoms with Crippen molar-refractivity contribution in [2.24, 2.45) is 11.0 Å². The molecule has 0 unspecified atom stereocenters. The number of carbonyl (C=O) groups excluding carboxylic acids is 1. The van der Waals surface area contributed by atoms with Crippen LogP contribution in [0.3, 0.4) is 0 Å². The van der Waals surface area contributed by atoms with Crippen LogP contribution in [-0.2, 0) is 11.2 Å². The smallest absolute Gasteiger partial charge is 0.246 e. The summed E-state index contributed by atoms with van der Waals surface area (Å²) in [4.78, 5) is 16.2. The van der Waals surface area contributed by atoms with Gasteiger partial charge in [-0.25, -0.2) is 10.4 Å². The van der Waals surface area contributed by atoms with Gasteiger partial charge in [0.15, 0.2) is 0 Å². The van der Waals surface area contributed by atoms with E-state index in [4.69, 9.17) is 0 Å². The Morgan fingerprint density at radius 2 is 2.33 bits per heavy atom. The highest BCUT2D eigenvalue weighted by atomic mass is 32.1. The number of nitrogens with zero attached hydrogens (tertiary/aromatic N) is 2. The molecule has 0 saturated carbocycles. The molecule has 4 nitrogen and oxygen atoms in total. The van der Waals surface area contributed by atoms with Crippen LogP contribution in [0, 0.1) is 12.8 Å². The number of aromatic nitrogens is 1. The number of hydrazone groups is 1. The number of carbonyl (C=O) groups is 1. The zero-order valence-corrected chi connectivity index (χ0v) is 13.6. The van der Waals surface area contributed by atoms with Gasteiger partial charge in [-0.05, 0) is 45.1 Å². The zero-order valence-electron chi connectivity index (χ0n) is 12.8. The van der Waals surface area contributed by atoms with Crippen molar-refractivity contribution in [3.05, 3.63) is 39.9 Å². The minimum atomic E-state index is -0.127. The highest BCUT2D eigenvalue weighted by molar-refractivity contribution is 7.09. The van der Waals surface area contributed by atoms with Crippen LogP contribution in [-0.4, -0.2) is 16.6 Å². The monoisotopic (exact) mass is 303 g/mol. The van der Waals surface area contributed by atoms with E-state index in [9.17, 15) is 4.79 Å². The van der Waals surface area contributed by atoms with E-state index in [0.717, 1.165) is 40.4 Å². The molecule has 1 aromatic heterocycles. The standard InChI is InChI=1S/C16H21N3OS/c1-10(2)13-6-5-11(3)15(7-13)18-19-16(20)8-14-9-21-12(4)17-14/h5,9,13H,1,6-8H2,2-4H3,(H,19,20)/b18-15-/t13-/m1/s1. The maximum Gasteiger partial charge on any atom is 0.246 e. The minimum Gasteiger partial charge on any atom is -0.273 e. The summed E-state index contributed by atoms with van der Waals surface area (Å²) in [6.07, 6.45) is 4.28. The molecule has 0 spiro atoms. The lowest BCUT2D eigenvalue weighted by Gasteiger charge is -2.22. The second-order valence-electron chi connectivity index (χ2n) is 5.50. The Hall–Kier alpha value is -1.75. The Bertz CT molecular complexity index is 613. The maximum absolute atomic E-state index is 11.9. The van der Waals surface area contributed by atoms with Gasteiger partial charge in [-0.3, -0.25) is 4.79 Å². The SMILES string of the molecule is C=C(C)[C@@H]1CC=C(C)/C(=N\NC(=O)Cc2csc(C)n2)C1. The minimum absolute atomic E-state index is 0.127. The van der Waals surface area contributed by atoms with E-state index in [-0.39, 0.29) is 12.3 Å².